The lowest BCUT2D eigenvalue weighted by Gasteiger charge is -2.38. The molecule has 19 heavy (non-hydrogen) atoms. The number of carbonyl (C=O) groups excluding carboxylic acids is 1. The lowest BCUT2D eigenvalue weighted by Crippen LogP contribution is -2.54. The topological polar surface area (TPSA) is 64.0 Å². The van der Waals surface area contributed by atoms with Crippen LogP contribution in [0.2, 0.25) is 0 Å². The van der Waals surface area contributed by atoms with Crippen molar-refractivity contribution in [1.29, 1.82) is 0 Å². The molecule has 1 aromatic carbocycles. The third kappa shape index (κ3) is 3.12. The molecular formula is C14H20N2O3. The van der Waals surface area contributed by atoms with Gasteiger partial charge in [0.15, 0.2) is 0 Å². The Kier molecular flexibility index (Phi) is 4.52. The fourth-order valence-corrected chi connectivity index (χ4v) is 2.26. The zero-order valence-electron chi connectivity index (χ0n) is 11.1. The van der Waals surface area contributed by atoms with Crippen molar-refractivity contribution in [2.75, 3.05) is 33.3 Å². The molecule has 1 aliphatic rings. The van der Waals surface area contributed by atoms with Crippen molar-refractivity contribution in [3.05, 3.63) is 35.4 Å². The van der Waals surface area contributed by atoms with E-state index in [9.17, 15) is 9.90 Å². The van der Waals surface area contributed by atoms with Crippen molar-refractivity contribution in [2.45, 2.75) is 12.6 Å². The molecule has 104 valence electrons. The molecule has 0 unspecified atom stereocenters. The average Bonchev–Trinajstić information content (AvgIpc) is 2.47. The van der Waals surface area contributed by atoms with Crippen LogP contribution < -0.4 is 0 Å². The molecule has 0 saturated carbocycles. The highest BCUT2D eigenvalue weighted by atomic mass is 16.3. The van der Waals surface area contributed by atoms with Crippen molar-refractivity contribution in [1.82, 2.24) is 9.80 Å². The van der Waals surface area contributed by atoms with Crippen LogP contribution in [0.1, 0.15) is 15.9 Å². The number of piperazine rings is 1. The van der Waals surface area contributed by atoms with Crippen molar-refractivity contribution in [2.24, 2.45) is 0 Å². The van der Waals surface area contributed by atoms with Gasteiger partial charge < -0.3 is 15.1 Å². The molecule has 2 rings (SSSR count). The molecule has 2 N–H and O–H groups in total. The molecule has 1 amide bonds. The van der Waals surface area contributed by atoms with Crippen LogP contribution in [0.4, 0.5) is 0 Å². The summed E-state index contributed by atoms with van der Waals surface area (Å²) in [5, 5.41) is 18.3. The second kappa shape index (κ2) is 6.14. The van der Waals surface area contributed by atoms with Gasteiger partial charge in [0.25, 0.3) is 5.91 Å². The summed E-state index contributed by atoms with van der Waals surface area (Å²) in [6.45, 7) is 2.03. The molecule has 1 fully saturated rings. The quantitative estimate of drug-likeness (QED) is 0.802. The number of likely N-dealkylation sites (N-methyl/N-ethyl adjacent to an activating group) is 1. The number of rotatable bonds is 3. The second-order valence-corrected chi connectivity index (χ2v) is 4.92. The summed E-state index contributed by atoms with van der Waals surface area (Å²) in [7, 11) is 1.96. The molecule has 0 aromatic heterocycles. The predicted octanol–water partition coefficient (Wildman–Crippen LogP) is -0.0726. The van der Waals surface area contributed by atoms with Gasteiger partial charge in [0.2, 0.25) is 0 Å². The summed E-state index contributed by atoms with van der Waals surface area (Å²) in [5.74, 6) is -0.0176. The van der Waals surface area contributed by atoms with Crippen LogP contribution in [0.5, 0.6) is 0 Å². The van der Waals surface area contributed by atoms with E-state index in [-0.39, 0.29) is 25.2 Å². The minimum atomic E-state index is -0.0183. The van der Waals surface area contributed by atoms with E-state index < -0.39 is 0 Å². The number of benzene rings is 1. The van der Waals surface area contributed by atoms with Gasteiger partial charge >= 0.3 is 0 Å². The highest BCUT2D eigenvalue weighted by Crippen LogP contribution is 2.13. The van der Waals surface area contributed by atoms with Crippen LogP contribution in [-0.2, 0) is 6.61 Å². The molecule has 5 heteroatoms. The first-order valence-electron chi connectivity index (χ1n) is 6.46. The van der Waals surface area contributed by atoms with Crippen molar-refractivity contribution < 1.29 is 15.0 Å². The molecular weight excluding hydrogens is 244 g/mol. The number of carbonyl (C=O) groups is 1. The summed E-state index contributed by atoms with van der Waals surface area (Å²) < 4.78 is 0. The van der Waals surface area contributed by atoms with Gasteiger partial charge in [-0.1, -0.05) is 12.1 Å². The lowest BCUT2D eigenvalue weighted by atomic mass is 10.1. The molecule has 1 heterocycles. The summed E-state index contributed by atoms with van der Waals surface area (Å²) >= 11 is 0. The molecule has 1 saturated heterocycles. The Morgan fingerprint density at radius 3 is 2.53 bits per heavy atom. The Balaban J connectivity index is 2.06. The Labute approximate surface area is 113 Å². The fourth-order valence-electron chi connectivity index (χ4n) is 2.26. The van der Waals surface area contributed by atoms with Gasteiger partial charge in [0.1, 0.15) is 0 Å². The third-order valence-electron chi connectivity index (χ3n) is 3.66. The van der Waals surface area contributed by atoms with E-state index in [0.717, 1.165) is 12.1 Å². The smallest absolute Gasteiger partial charge is 0.253 e. The zero-order valence-corrected chi connectivity index (χ0v) is 11.1. The SMILES string of the molecule is CN1CCN(C(=O)c2ccc(CO)cc2)C[C@H]1CO. The Hall–Kier alpha value is -1.43. The van der Waals surface area contributed by atoms with Gasteiger partial charge in [-0.15, -0.1) is 0 Å². The first-order valence-corrected chi connectivity index (χ1v) is 6.46. The fraction of sp³-hybridized carbons (Fsp3) is 0.500. The van der Waals surface area contributed by atoms with E-state index in [4.69, 9.17) is 5.11 Å². The van der Waals surface area contributed by atoms with Crippen LogP contribution in [0.15, 0.2) is 24.3 Å². The third-order valence-corrected chi connectivity index (χ3v) is 3.66. The van der Waals surface area contributed by atoms with Gasteiger partial charge in [0.05, 0.1) is 19.3 Å². The monoisotopic (exact) mass is 264 g/mol. The number of aliphatic hydroxyl groups is 2. The first-order chi connectivity index (χ1) is 9.15. The van der Waals surface area contributed by atoms with Crippen molar-refractivity contribution in [3.8, 4) is 0 Å². The van der Waals surface area contributed by atoms with Crippen LogP contribution >= 0.6 is 0 Å². The summed E-state index contributed by atoms with van der Waals surface area (Å²) in [5.41, 5.74) is 1.42. The normalized spacial score (nSPS) is 20.6. The zero-order chi connectivity index (χ0) is 13.8. The van der Waals surface area contributed by atoms with Gasteiger partial charge in [-0.25, -0.2) is 0 Å². The molecule has 5 nitrogen and oxygen atoms in total. The van der Waals surface area contributed by atoms with Crippen molar-refractivity contribution >= 4 is 5.91 Å². The van der Waals surface area contributed by atoms with E-state index in [2.05, 4.69) is 4.90 Å². The number of hydrogen-bond donors (Lipinski definition) is 2. The van der Waals surface area contributed by atoms with E-state index in [1.807, 2.05) is 7.05 Å². The van der Waals surface area contributed by atoms with Crippen LogP contribution in [-0.4, -0.2) is 65.3 Å². The van der Waals surface area contributed by atoms with Gasteiger partial charge in [-0.3, -0.25) is 9.69 Å². The van der Waals surface area contributed by atoms with Crippen molar-refractivity contribution in [3.63, 3.8) is 0 Å². The highest BCUT2D eigenvalue weighted by molar-refractivity contribution is 5.94. The number of aliphatic hydroxyl groups excluding tert-OH is 2. The minimum absolute atomic E-state index is 0.00872. The number of nitrogens with zero attached hydrogens (tertiary/aromatic N) is 2. The van der Waals surface area contributed by atoms with Crippen LogP contribution in [0, 0.1) is 0 Å². The van der Waals surface area contributed by atoms with E-state index in [0.29, 0.717) is 18.7 Å². The van der Waals surface area contributed by atoms with E-state index in [1.165, 1.54) is 0 Å². The number of hydrogen-bond acceptors (Lipinski definition) is 4. The minimum Gasteiger partial charge on any atom is -0.395 e. The molecule has 0 spiro atoms. The Morgan fingerprint density at radius 2 is 1.95 bits per heavy atom. The number of amides is 1. The lowest BCUT2D eigenvalue weighted by molar-refractivity contribution is 0.0421. The molecule has 0 bridgehead atoms. The first kappa shape index (κ1) is 14.0. The predicted molar refractivity (Wildman–Crippen MR) is 71.8 cm³/mol. The maximum absolute atomic E-state index is 12.3. The van der Waals surface area contributed by atoms with Crippen LogP contribution in [0.25, 0.3) is 0 Å². The van der Waals surface area contributed by atoms with Gasteiger partial charge in [-0.2, -0.15) is 0 Å². The molecule has 1 aliphatic heterocycles. The maximum atomic E-state index is 12.3. The van der Waals surface area contributed by atoms with Gasteiger partial charge in [0, 0.05) is 25.2 Å². The second-order valence-electron chi connectivity index (χ2n) is 4.92. The standard InChI is InChI=1S/C14H20N2O3/c1-15-6-7-16(8-13(15)10-18)14(19)12-4-2-11(9-17)3-5-12/h2-5,13,17-18H,6-10H2,1H3/t13-/m0/s1. The van der Waals surface area contributed by atoms with Gasteiger partial charge in [-0.05, 0) is 24.7 Å². The van der Waals surface area contributed by atoms with Crippen LogP contribution in [0.3, 0.4) is 0 Å². The largest absolute Gasteiger partial charge is 0.395 e. The summed E-state index contributed by atoms with van der Waals surface area (Å²) in [4.78, 5) is 16.2. The maximum Gasteiger partial charge on any atom is 0.253 e. The average molecular weight is 264 g/mol. The molecule has 0 aliphatic carbocycles. The van der Waals surface area contributed by atoms with E-state index in [1.54, 1.807) is 29.2 Å². The Bertz CT molecular complexity index is 433. The molecule has 1 aromatic rings. The summed E-state index contributed by atoms with van der Waals surface area (Å²) in [6.07, 6.45) is 0. The molecule has 1 atom stereocenters. The highest BCUT2D eigenvalue weighted by Gasteiger charge is 2.27. The summed E-state index contributed by atoms with van der Waals surface area (Å²) in [6, 6.07) is 6.99. The molecule has 0 radical (unpaired) electrons. The van der Waals surface area contributed by atoms with E-state index >= 15 is 0 Å². The Morgan fingerprint density at radius 1 is 1.26 bits per heavy atom.